The van der Waals surface area contributed by atoms with Gasteiger partial charge in [-0.3, -0.25) is 4.79 Å². The van der Waals surface area contributed by atoms with Crippen molar-refractivity contribution in [3.8, 4) is 5.75 Å². The normalized spacial score (nSPS) is 21.8. The lowest BCUT2D eigenvalue weighted by molar-refractivity contribution is 0.0944. The first-order valence-corrected chi connectivity index (χ1v) is 7.28. The van der Waals surface area contributed by atoms with Gasteiger partial charge < -0.3 is 15.8 Å². The highest BCUT2D eigenvalue weighted by molar-refractivity contribution is 5.94. The van der Waals surface area contributed by atoms with Crippen LogP contribution >= 0.6 is 0 Å². The standard InChI is InChI=1S/C16H24N2O2/c1-11-6-7-12(8-15(11)20-2)16(19)18-10-14-5-3-4-13(14)9-17/h6-8,13-14H,3-5,9-10,17H2,1-2H3,(H,18,19). The molecule has 1 amide bonds. The maximum absolute atomic E-state index is 12.2. The molecule has 3 N–H and O–H groups in total. The van der Waals surface area contributed by atoms with Crippen LogP contribution in [0.25, 0.3) is 0 Å². The molecule has 20 heavy (non-hydrogen) atoms. The number of hydrogen-bond donors (Lipinski definition) is 2. The molecule has 4 heteroatoms. The third-order valence-corrected chi connectivity index (χ3v) is 4.31. The second-order valence-electron chi connectivity index (χ2n) is 5.58. The summed E-state index contributed by atoms with van der Waals surface area (Å²) in [5.74, 6) is 1.79. The highest BCUT2D eigenvalue weighted by Gasteiger charge is 2.26. The number of nitrogens with one attached hydrogen (secondary N) is 1. The Hall–Kier alpha value is -1.55. The van der Waals surface area contributed by atoms with Gasteiger partial charge in [0, 0.05) is 12.1 Å². The van der Waals surface area contributed by atoms with Gasteiger partial charge in [-0.05, 0) is 55.8 Å². The van der Waals surface area contributed by atoms with Crippen LogP contribution in [0.15, 0.2) is 18.2 Å². The molecular weight excluding hydrogens is 252 g/mol. The Kier molecular flexibility index (Phi) is 5.01. The van der Waals surface area contributed by atoms with Gasteiger partial charge in [-0.15, -0.1) is 0 Å². The van der Waals surface area contributed by atoms with E-state index in [4.69, 9.17) is 10.5 Å². The average Bonchev–Trinajstić information content (AvgIpc) is 2.92. The van der Waals surface area contributed by atoms with Crippen LogP contribution in [0.3, 0.4) is 0 Å². The summed E-state index contributed by atoms with van der Waals surface area (Å²) in [4.78, 5) is 12.2. The van der Waals surface area contributed by atoms with E-state index >= 15 is 0 Å². The lowest BCUT2D eigenvalue weighted by atomic mass is 9.96. The summed E-state index contributed by atoms with van der Waals surface area (Å²) in [6.45, 7) is 3.40. The smallest absolute Gasteiger partial charge is 0.251 e. The van der Waals surface area contributed by atoms with Crippen molar-refractivity contribution >= 4 is 5.91 Å². The number of carbonyl (C=O) groups excluding carboxylic acids is 1. The van der Waals surface area contributed by atoms with E-state index in [1.54, 1.807) is 13.2 Å². The van der Waals surface area contributed by atoms with Crippen LogP contribution in [0.4, 0.5) is 0 Å². The number of nitrogens with two attached hydrogens (primary N) is 1. The predicted octanol–water partition coefficient (Wildman–Crippen LogP) is 2.11. The molecule has 1 fully saturated rings. The third-order valence-electron chi connectivity index (χ3n) is 4.31. The Morgan fingerprint density at radius 3 is 2.85 bits per heavy atom. The largest absolute Gasteiger partial charge is 0.496 e. The Morgan fingerprint density at radius 1 is 1.40 bits per heavy atom. The van der Waals surface area contributed by atoms with E-state index < -0.39 is 0 Å². The molecular formula is C16H24N2O2. The molecule has 0 aromatic heterocycles. The van der Waals surface area contributed by atoms with Crippen LogP contribution < -0.4 is 15.8 Å². The Labute approximate surface area is 120 Å². The number of ether oxygens (including phenoxy) is 1. The second-order valence-corrected chi connectivity index (χ2v) is 5.58. The highest BCUT2D eigenvalue weighted by atomic mass is 16.5. The molecule has 2 rings (SSSR count). The summed E-state index contributed by atoms with van der Waals surface area (Å²) in [5.41, 5.74) is 7.45. The molecule has 0 bridgehead atoms. The van der Waals surface area contributed by atoms with Gasteiger partial charge in [-0.1, -0.05) is 12.5 Å². The van der Waals surface area contributed by atoms with Crippen LogP contribution in [-0.4, -0.2) is 26.1 Å². The summed E-state index contributed by atoms with van der Waals surface area (Å²) in [5, 5.41) is 3.03. The van der Waals surface area contributed by atoms with Crippen LogP contribution in [0.1, 0.15) is 35.2 Å². The first-order valence-electron chi connectivity index (χ1n) is 7.28. The number of amides is 1. The summed E-state index contributed by atoms with van der Waals surface area (Å²) in [7, 11) is 1.62. The number of aryl methyl sites for hydroxylation is 1. The van der Waals surface area contributed by atoms with Gasteiger partial charge >= 0.3 is 0 Å². The molecule has 1 aromatic rings. The minimum Gasteiger partial charge on any atom is -0.496 e. The van der Waals surface area contributed by atoms with Gasteiger partial charge in [-0.2, -0.15) is 0 Å². The molecule has 1 aliphatic carbocycles. The van der Waals surface area contributed by atoms with Crippen molar-refractivity contribution in [1.29, 1.82) is 0 Å². The van der Waals surface area contributed by atoms with Gasteiger partial charge in [0.25, 0.3) is 5.91 Å². The number of carbonyl (C=O) groups is 1. The van der Waals surface area contributed by atoms with E-state index in [-0.39, 0.29) is 5.91 Å². The topological polar surface area (TPSA) is 64.3 Å². The van der Waals surface area contributed by atoms with Gasteiger partial charge in [0.1, 0.15) is 5.75 Å². The van der Waals surface area contributed by atoms with Crippen molar-refractivity contribution < 1.29 is 9.53 Å². The molecule has 1 saturated carbocycles. The Bertz CT molecular complexity index is 474. The maximum atomic E-state index is 12.2. The molecule has 0 spiro atoms. The molecule has 2 unspecified atom stereocenters. The summed E-state index contributed by atoms with van der Waals surface area (Å²) >= 11 is 0. The second kappa shape index (κ2) is 6.75. The van der Waals surface area contributed by atoms with E-state index in [0.717, 1.165) is 24.4 Å². The fraction of sp³-hybridized carbons (Fsp3) is 0.562. The van der Waals surface area contributed by atoms with Crippen LogP contribution in [0.2, 0.25) is 0 Å². The number of methoxy groups -OCH3 is 1. The van der Waals surface area contributed by atoms with Crippen molar-refractivity contribution in [3.05, 3.63) is 29.3 Å². The number of benzene rings is 1. The van der Waals surface area contributed by atoms with E-state index in [9.17, 15) is 4.79 Å². The minimum atomic E-state index is -0.0361. The fourth-order valence-electron chi connectivity index (χ4n) is 2.98. The predicted molar refractivity (Wildman–Crippen MR) is 79.9 cm³/mol. The van der Waals surface area contributed by atoms with Gasteiger partial charge in [0.05, 0.1) is 7.11 Å². The van der Waals surface area contributed by atoms with Crippen molar-refractivity contribution in [3.63, 3.8) is 0 Å². The molecule has 2 atom stereocenters. The van der Waals surface area contributed by atoms with Crippen LogP contribution in [0.5, 0.6) is 5.75 Å². The lowest BCUT2D eigenvalue weighted by Gasteiger charge is -2.18. The molecule has 0 radical (unpaired) electrons. The van der Waals surface area contributed by atoms with E-state index in [0.29, 0.717) is 17.4 Å². The molecule has 1 aliphatic rings. The molecule has 110 valence electrons. The SMILES string of the molecule is COc1cc(C(=O)NCC2CCCC2CN)ccc1C. The Balaban J connectivity index is 1.95. The molecule has 0 heterocycles. The highest BCUT2D eigenvalue weighted by Crippen LogP contribution is 2.30. The lowest BCUT2D eigenvalue weighted by Crippen LogP contribution is -2.32. The maximum Gasteiger partial charge on any atom is 0.251 e. The van der Waals surface area contributed by atoms with Crippen molar-refractivity contribution in [2.75, 3.05) is 20.2 Å². The first kappa shape index (κ1) is 14.9. The van der Waals surface area contributed by atoms with Crippen molar-refractivity contribution in [2.45, 2.75) is 26.2 Å². The average molecular weight is 276 g/mol. The number of hydrogen-bond acceptors (Lipinski definition) is 3. The summed E-state index contributed by atoms with van der Waals surface area (Å²) < 4.78 is 5.25. The monoisotopic (exact) mass is 276 g/mol. The molecule has 1 aromatic carbocycles. The molecule has 0 aliphatic heterocycles. The number of rotatable bonds is 5. The van der Waals surface area contributed by atoms with Gasteiger partial charge in [0.2, 0.25) is 0 Å². The fourth-order valence-corrected chi connectivity index (χ4v) is 2.98. The molecule has 4 nitrogen and oxygen atoms in total. The Morgan fingerprint density at radius 2 is 2.15 bits per heavy atom. The van der Waals surface area contributed by atoms with E-state index in [2.05, 4.69) is 5.32 Å². The minimum absolute atomic E-state index is 0.0361. The first-order chi connectivity index (χ1) is 9.65. The zero-order valence-corrected chi connectivity index (χ0v) is 12.3. The summed E-state index contributed by atoms with van der Waals surface area (Å²) in [6.07, 6.45) is 3.58. The van der Waals surface area contributed by atoms with Crippen LogP contribution in [0, 0.1) is 18.8 Å². The van der Waals surface area contributed by atoms with Crippen molar-refractivity contribution in [2.24, 2.45) is 17.6 Å². The van der Waals surface area contributed by atoms with E-state index in [1.165, 1.54) is 19.3 Å². The van der Waals surface area contributed by atoms with Gasteiger partial charge in [0.15, 0.2) is 0 Å². The van der Waals surface area contributed by atoms with Crippen LogP contribution in [-0.2, 0) is 0 Å². The zero-order valence-electron chi connectivity index (χ0n) is 12.3. The third kappa shape index (κ3) is 3.31. The van der Waals surface area contributed by atoms with E-state index in [1.807, 2.05) is 19.1 Å². The quantitative estimate of drug-likeness (QED) is 0.865. The summed E-state index contributed by atoms with van der Waals surface area (Å²) in [6, 6.07) is 5.54. The van der Waals surface area contributed by atoms with Gasteiger partial charge in [-0.25, -0.2) is 0 Å². The van der Waals surface area contributed by atoms with Crippen molar-refractivity contribution in [1.82, 2.24) is 5.32 Å². The molecule has 0 saturated heterocycles. The zero-order chi connectivity index (χ0) is 14.5.